The van der Waals surface area contributed by atoms with E-state index >= 15 is 0 Å². The van der Waals surface area contributed by atoms with E-state index in [1.807, 2.05) is 72.8 Å². The van der Waals surface area contributed by atoms with Crippen molar-refractivity contribution in [2.45, 2.75) is 12.0 Å². The van der Waals surface area contributed by atoms with Crippen molar-refractivity contribution in [3.8, 4) is 5.75 Å². The number of rotatable bonds is 6. The summed E-state index contributed by atoms with van der Waals surface area (Å²) in [6.07, 6.45) is -0.880. The van der Waals surface area contributed by atoms with Gasteiger partial charge in [-0.2, -0.15) is 0 Å². The molecule has 3 aromatic rings. The number of nitrogens with zero attached hydrogens (tertiary/aromatic N) is 1. The zero-order valence-electron chi connectivity index (χ0n) is 14.5. The van der Waals surface area contributed by atoms with Crippen molar-refractivity contribution in [3.05, 3.63) is 102 Å². The molecule has 0 bridgehead atoms. The maximum atomic E-state index is 11.1. The van der Waals surface area contributed by atoms with Crippen molar-refractivity contribution in [3.63, 3.8) is 0 Å². The summed E-state index contributed by atoms with van der Waals surface area (Å²) in [5.74, 6) is 0.202. The summed E-state index contributed by atoms with van der Waals surface area (Å²) in [5, 5.41) is 24.4. The van der Waals surface area contributed by atoms with Gasteiger partial charge in [0.2, 0.25) is 0 Å². The van der Waals surface area contributed by atoms with Gasteiger partial charge in [-0.05, 0) is 23.3 Å². The van der Waals surface area contributed by atoms with Crippen LogP contribution < -0.4 is 4.74 Å². The lowest BCUT2D eigenvalue weighted by atomic mass is 9.83. The van der Waals surface area contributed by atoms with Crippen LogP contribution >= 0.6 is 0 Å². The maximum Gasteiger partial charge on any atom is 0.118 e. The summed E-state index contributed by atoms with van der Waals surface area (Å²) in [4.78, 5) is 0. The third-order valence-corrected chi connectivity index (χ3v) is 4.40. The number of hydrogen-bond acceptors (Lipinski definition) is 4. The molecule has 4 heteroatoms. The van der Waals surface area contributed by atoms with Gasteiger partial charge in [0.1, 0.15) is 5.75 Å². The summed E-state index contributed by atoms with van der Waals surface area (Å²) in [7, 11) is 1.60. The number of oxime groups is 1. The first-order valence-corrected chi connectivity index (χ1v) is 8.39. The van der Waals surface area contributed by atoms with Crippen molar-refractivity contribution in [1.29, 1.82) is 0 Å². The van der Waals surface area contributed by atoms with E-state index in [4.69, 9.17) is 4.74 Å². The van der Waals surface area contributed by atoms with Crippen LogP contribution in [0.3, 0.4) is 0 Å². The van der Waals surface area contributed by atoms with E-state index in [0.29, 0.717) is 5.71 Å². The lowest BCUT2D eigenvalue weighted by molar-refractivity contribution is 0.166. The number of aliphatic hydroxyl groups excluding tert-OH is 1. The molecule has 0 amide bonds. The Hall–Kier alpha value is -3.11. The predicted octanol–water partition coefficient (Wildman–Crippen LogP) is 4.39. The second-order valence-corrected chi connectivity index (χ2v) is 5.96. The van der Waals surface area contributed by atoms with Gasteiger partial charge in [0.05, 0.1) is 24.8 Å². The molecule has 2 atom stereocenters. The molecule has 0 saturated heterocycles. The third-order valence-electron chi connectivity index (χ3n) is 4.40. The molecule has 0 aromatic heterocycles. The van der Waals surface area contributed by atoms with Crippen molar-refractivity contribution >= 4 is 5.71 Å². The van der Waals surface area contributed by atoms with Gasteiger partial charge in [-0.15, -0.1) is 0 Å². The summed E-state index contributed by atoms with van der Waals surface area (Å²) in [6.45, 7) is 0. The molecule has 0 heterocycles. The molecular weight excluding hydrogens is 326 g/mol. The molecule has 0 saturated carbocycles. The van der Waals surface area contributed by atoms with Gasteiger partial charge in [0.15, 0.2) is 0 Å². The standard InChI is InChI=1S/C22H21NO3/c1-26-19-14-12-18(13-15-19)22(24)20(16-8-4-2-5-9-16)21(23-25)17-10-6-3-7-11-17/h2-15,20,22,24-25H,1H3/b23-21+. The number of methoxy groups -OCH3 is 1. The van der Waals surface area contributed by atoms with E-state index < -0.39 is 12.0 Å². The Labute approximate surface area is 153 Å². The fourth-order valence-corrected chi connectivity index (χ4v) is 3.05. The number of aliphatic hydroxyl groups is 1. The molecule has 3 aromatic carbocycles. The summed E-state index contributed by atoms with van der Waals surface area (Å²) in [6, 6.07) is 26.2. The number of hydrogen-bond donors (Lipinski definition) is 2. The Morgan fingerprint density at radius 2 is 1.38 bits per heavy atom. The minimum absolute atomic E-state index is 0.417. The molecule has 26 heavy (non-hydrogen) atoms. The van der Waals surface area contributed by atoms with Gasteiger partial charge in [-0.1, -0.05) is 78.0 Å². The van der Waals surface area contributed by atoms with E-state index in [9.17, 15) is 10.3 Å². The molecule has 2 N–H and O–H groups in total. The lowest BCUT2D eigenvalue weighted by Crippen LogP contribution is -2.22. The van der Waals surface area contributed by atoms with Gasteiger partial charge in [-0.3, -0.25) is 0 Å². The molecule has 4 nitrogen and oxygen atoms in total. The SMILES string of the molecule is COc1ccc(C(O)C(/C(=N/O)c2ccccc2)c2ccccc2)cc1. The molecule has 2 unspecified atom stereocenters. The molecule has 3 rings (SSSR count). The van der Waals surface area contributed by atoms with Crippen molar-refractivity contribution < 1.29 is 15.1 Å². The maximum absolute atomic E-state index is 11.1. The van der Waals surface area contributed by atoms with E-state index in [-0.39, 0.29) is 0 Å². The average Bonchev–Trinajstić information content (AvgIpc) is 2.73. The average molecular weight is 347 g/mol. The van der Waals surface area contributed by atoms with E-state index in [1.54, 1.807) is 19.2 Å². The first-order valence-electron chi connectivity index (χ1n) is 8.39. The van der Waals surface area contributed by atoms with Crippen LogP contribution in [-0.2, 0) is 0 Å². The van der Waals surface area contributed by atoms with Crippen LogP contribution in [0.5, 0.6) is 5.75 Å². The monoisotopic (exact) mass is 347 g/mol. The minimum atomic E-state index is -0.880. The molecule has 0 spiro atoms. The molecular formula is C22H21NO3. The van der Waals surface area contributed by atoms with Gasteiger partial charge >= 0.3 is 0 Å². The second-order valence-electron chi connectivity index (χ2n) is 5.96. The van der Waals surface area contributed by atoms with Gasteiger partial charge in [-0.25, -0.2) is 0 Å². The Bertz CT molecular complexity index is 846. The summed E-state index contributed by atoms with van der Waals surface area (Å²) < 4.78 is 5.19. The van der Waals surface area contributed by atoms with Gasteiger partial charge in [0.25, 0.3) is 0 Å². The second kappa shape index (κ2) is 8.32. The van der Waals surface area contributed by atoms with Crippen LogP contribution in [0.2, 0.25) is 0 Å². The third kappa shape index (κ3) is 3.76. The molecule has 0 aliphatic rings. The Morgan fingerprint density at radius 1 is 0.808 bits per heavy atom. The summed E-state index contributed by atoms with van der Waals surface area (Å²) >= 11 is 0. The molecule has 0 aliphatic carbocycles. The Balaban J connectivity index is 2.05. The fourth-order valence-electron chi connectivity index (χ4n) is 3.05. The summed E-state index contributed by atoms with van der Waals surface area (Å²) in [5.41, 5.74) is 2.76. The fraction of sp³-hybridized carbons (Fsp3) is 0.136. The van der Waals surface area contributed by atoms with Gasteiger partial charge in [0, 0.05) is 5.56 Å². The highest BCUT2D eigenvalue weighted by atomic mass is 16.5. The van der Waals surface area contributed by atoms with Crippen molar-refractivity contribution in [1.82, 2.24) is 0 Å². The van der Waals surface area contributed by atoms with Crippen LogP contribution in [0.25, 0.3) is 0 Å². The molecule has 0 fully saturated rings. The largest absolute Gasteiger partial charge is 0.497 e. The first-order chi connectivity index (χ1) is 12.7. The minimum Gasteiger partial charge on any atom is -0.497 e. The first kappa shape index (κ1) is 17.7. The quantitative estimate of drug-likeness (QED) is 0.395. The smallest absolute Gasteiger partial charge is 0.118 e. The van der Waals surface area contributed by atoms with E-state index in [2.05, 4.69) is 5.16 Å². The highest BCUT2D eigenvalue weighted by Crippen LogP contribution is 2.35. The predicted molar refractivity (Wildman–Crippen MR) is 102 cm³/mol. The highest BCUT2D eigenvalue weighted by Gasteiger charge is 2.29. The lowest BCUT2D eigenvalue weighted by Gasteiger charge is -2.25. The van der Waals surface area contributed by atoms with Crippen LogP contribution in [0.1, 0.15) is 28.7 Å². The van der Waals surface area contributed by atoms with Crippen LogP contribution in [0.15, 0.2) is 90.1 Å². The van der Waals surface area contributed by atoms with Crippen LogP contribution in [0.4, 0.5) is 0 Å². The normalized spacial score (nSPS) is 13.8. The topological polar surface area (TPSA) is 62.0 Å². The Morgan fingerprint density at radius 3 is 1.92 bits per heavy atom. The van der Waals surface area contributed by atoms with Gasteiger partial charge < -0.3 is 15.1 Å². The zero-order chi connectivity index (χ0) is 18.4. The molecule has 0 radical (unpaired) electrons. The number of benzene rings is 3. The number of ether oxygens (including phenoxy) is 1. The highest BCUT2D eigenvalue weighted by molar-refractivity contribution is 6.05. The van der Waals surface area contributed by atoms with E-state index in [1.165, 1.54) is 0 Å². The van der Waals surface area contributed by atoms with Crippen molar-refractivity contribution in [2.75, 3.05) is 7.11 Å². The van der Waals surface area contributed by atoms with Crippen molar-refractivity contribution in [2.24, 2.45) is 5.16 Å². The molecule has 0 aliphatic heterocycles. The Kier molecular flexibility index (Phi) is 5.66. The molecule has 132 valence electrons. The van der Waals surface area contributed by atoms with Crippen LogP contribution in [0, 0.1) is 0 Å². The van der Waals surface area contributed by atoms with Crippen LogP contribution in [-0.4, -0.2) is 23.1 Å². The zero-order valence-corrected chi connectivity index (χ0v) is 14.5. The van der Waals surface area contributed by atoms with E-state index in [0.717, 1.165) is 22.4 Å².